The minimum atomic E-state index is -0.834. The van der Waals surface area contributed by atoms with Gasteiger partial charge in [0.1, 0.15) is 0 Å². The Labute approximate surface area is 215 Å². The molecule has 0 saturated carbocycles. The van der Waals surface area contributed by atoms with Crippen LogP contribution >= 0.6 is 27.5 Å². The number of benzene rings is 3. The lowest BCUT2D eigenvalue weighted by Crippen LogP contribution is -2.26. The predicted octanol–water partition coefficient (Wildman–Crippen LogP) is 5.69. The molecule has 0 unspecified atom stereocenters. The molecular weight excluding hydrogens is 534 g/mol. The molecule has 178 valence electrons. The van der Waals surface area contributed by atoms with Crippen LogP contribution in [0.4, 0.5) is 0 Å². The highest BCUT2D eigenvalue weighted by atomic mass is 79.9. The maximum atomic E-state index is 13.3. The van der Waals surface area contributed by atoms with Crippen LogP contribution in [0.1, 0.15) is 19.4 Å². The molecule has 7 nitrogen and oxygen atoms in total. The van der Waals surface area contributed by atoms with Crippen molar-refractivity contribution in [2.45, 2.75) is 20.0 Å². The van der Waals surface area contributed by atoms with E-state index in [1.54, 1.807) is 44.2 Å². The van der Waals surface area contributed by atoms with Gasteiger partial charge >= 0.3 is 5.97 Å². The van der Waals surface area contributed by atoms with Crippen LogP contribution in [0, 0.1) is 0 Å². The normalized spacial score (nSPS) is 12.1. The van der Waals surface area contributed by atoms with Crippen molar-refractivity contribution in [1.82, 2.24) is 9.66 Å². The van der Waals surface area contributed by atoms with E-state index in [0.717, 1.165) is 5.56 Å². The van der Waals surface area contributed by atoms with Gasteiger partial charge in [-0.05, 0) is 59.6 Å². The number of carbonyl (C=O) groups is 1. The van der Waals surface area contributed by atoms with Gasteiger partial charge in [-0.3, -0.25) is 4.79 Å². The Hall–Kier alpha value is -3.49. The maximum absolute atomic E-state index is 13.3. The standard InChI is InChI=1S/C26H21BrClN3O4/c1-3-34-26(33)16(2)35-23-20(27)13-17(14-21(23)28)15-29-31-24(18-9-5-4-6-10-18)30-22-12-8-7-11-19(22)25(31)32/h4-16H,3H2,1-2H3/t16-/m0/s1. The number of esters is 1. The van der Waals surface area contributed by atoms with Crippen LogP contribution in [-0.2, 0) is 9.53 Å². The topological polar surface area (TPSA) is 82.8 Å². The smallest absolute Gasteiger partial charge is 0.347 e. The second-order valence-electron chi connectivity index (χ2n) is 7.51. The number of carbonyl (C=O) groups excluding carboxylic acids is 1. The van der Waals surface area contributed by atoms with Crippen molar-refractivity contribution in [3.8, 4) is 17.1 Å². The highest BCUT2D eigenvalue weighted by Gasteiger charge is 2.19. The number of fused-ring (bicyclic) bond motifs is 1. The van der Waals surface area contributed by atoms with Crippen LogP contribution in [0.2, 0.25) is 5.02 Å². The Morgan fingerprint density at radius 2 is 1.89 bits per heavy atom. The van der Waals surface area contributed by atoms with Crippen LogP contribution in [0.25, 0.3) is 22.3 Å². The number of ether oxygens (including phenoxy) is 2. The van der Waals surface area contributed by atoms with Crippen LogP contribution in [0.3, 0.4) is 0 Å². The van der Waals surface area contributed by atoms with E-state index in [-0.39, 0.29) is 17.2 Å². The average molecular weight is 555 g/mol. The number of hydrogen-bond acceptors (Lipinski definition) is 6. The minimum Gasteiger partial charge on any atom is -0.476 e. The average Bonchev–Trinajstić information content (AvgIpc) is 2.86. The van der Waals surface area contributed by atoms with Crippen molar-refractivity contribution in [1.29, 1.82) is 0 Å². The van der Waals surface area contributed by atoms with E-state index >= 15 is 0 Å². The lowest BCUT2D eigenvalue weighted by atomic mass is 10.2. The molecule has 0 saturated heterocycles. The Morgan fingerprint density at radius 1 is 1.17 bits per heavy atom. The third-order valence-corrected chi connectivity index (χ3v) is 5.91. The van der Waals surface area contributed by atoms with Gasteiger partial charge in [-0.1, -0.05) is 54.1 Å². The summed E-state index contributed by atoms with van der Waals surface area (Å²) in [4.78, 5) is 29.9. The number of hydrogen-bond donors (Lipinski definition) is 0. The first-order valence-electron chi connectivity index (χ1n) is 10.8. The number of halogens is 2. The van der Waals surface area contributed by atoms with Crippen molar-refractivity contribution in [3.05, 3.63) is 92.1 Å². The molecule has 35 heavy (non-hydrogen) atoms. The Morgan fingerprint density at radius 3 is 2.60 bits per heavy atom. The van der Waals surface area contributed by atoms with E-state index in [9.17, 15) is 9.59 Å². The Bertz CT molecular complexity index is 1450. The van der Waals surface area contributed by atoms with Crippen molar-refractivity contribution < 1.29 is 14.3 Å². The largest absolute Gasteiger partial charge is 0.476 e. The van der Waals surface area contributed by atoms with Crippen LogP contribution in [0.15, 0.2) is 81.1 Å². The Balaban J connectivity index is 1.73. The SMILES string of the molecule is CCOC(=O)[C@H](C)Oc1c(Cl)cc(C=Nn2c(-c3ccccc3)nc3ccccc3c2=O)cc1Br. The van der Waals surface area contributed by atoms with E-state index in [0.29, 0.717) is 32.5 Å². The monoisotopic (exact) mass is 553 g/mol. The highest BCUT2D eigenvalue weighted by molar-refractivity contribution is 9.10. The van der Waals surface area contributed by atoms with Gasteiger partial charge in [0.25, 0.3) is 5.56 Å². The quantitative estimate of drug-likeness (QED) is 0.216. The predicted molar refractivity (Wildman–Crippen MR) is 140 cm³/mol. The van der Waals surface area contributed by atoms with Crippen LogP contribution < -0.4 is 10.3 Å². The summed E-state index contributed by atoms with van der Waals surface area (Å²) in [6.45, 7) is 3.56. The zero-order valence-corrected chi connectivity index (χ0v) is 21.3. The minimum absolute atomic E-state index is 0.255. The third kappa shape index (κ3) is 5.44. The van der Waals surface area contributed by atoms with Gasteiger partial charge in [-0.2, -0.15) is 9.78 Å². The van der Waals surface area contributed by atoms with Gasteiger partial charge in [0.15, 0.2) is 17.7 Å². The molecule has 4 aromatic rings. The second kappa shape index (κ2) is 10.8. The first kappa shape index (κ1) is 24.6. The molecule has 0 bridgehead atoms. The molecular formula is C26H21BrClN3O4. The summed E-state index contributed by atoms with van der Waals surface area (Å²) in [5.41, 5.74) is 1.66. The molecule has 0 radical (unpaired) electrons. The van der Waals surface area contributed by atoms with Crippen LogP contribution in [0.5, 0.6) is 5.75 Å². The van der Waals surface area contributed by atoms with E-state index in [2.05, 4.69) is 26.0 Å². The molecule has 0 spiro atoms. The zero-order chi connectivity index (χ0) is 24.9. The molecule has 1 heterocycles. The molecule has 1 aromatic heterocycles. The fraction of sp³-hybridized carbons (Fsp3) is 0.154. The fourth-order valence-corrected chi connectivity index (χ4v) is 4.34. The Kier molecular flexibility index (Phi) is 7.63. The molecule has 0 N–H and O–H groups in total. The van der Waals surface area contributed by atoms with Crippen molar-refractivity contribution >= 4 is 50.6 Å². The van der Waals surface area contributed by atoms with Gasteiger partial charge in [0, 0.05) is 5.56 Å². The maximum Gasteiger partial charge on any atom is 0.347 e. The molecule has 3 aromatic carbocycles. The molecule has 0 amide bonds. The number of aromatic nitrogens is 2. The third-order valence-electron chi connectivity index (χ3n) is 5.04. The van der Waals surface area contributed by atoms with Crippen molar-refractivity contribution in [2.24, 2.45) is 5.10 Å². The molecule has 1 atom stereocenters. The van der Waals surface area contributed by atoms with Gasteiger partial charge in [0.05, 0.1) is 33.2 Å². The van der Waals surface area contributed by atoms with Gasteiger partial charge in [0.2, 0.25) is 0 Å². The van der Waals surface area contributed by atoms with Crippen LogP contribution in [-0.4, -0.2) is 34.6 Å². The van der Waals surface area contributed by atoms with E-state index in [1.165, 1.54) is 10.9 Å². The molecule has 0 aliphatic carbocycles. The fourth-order valence-electron chi connectivity index (χ4n) is 3.38. The number of nitrogens with zero attached hydrogens (tertiary/aromatic N) is 3. The number of para-hydroxylation sites is 1. The van der Waals surface area contributed by atoms with Gasteiger partial charge in [-0.25, -0.2) is 9.78 Å². The van der Waals surface area contributed by atoms with E-state index < -0.39 is 12.1 Å². The van der Waals surface area contributed by atoms with Crippen molar-refractivity contribution in [2.75, 3.05) is 6.61 Å². The molecule has 4 rings (SSSR count). The lowest BCUT2D eigenvalue weighted by Gasteiger charge is -2.16. The molecule has 0 fully saturated rings. The summed E-state index contributed by atoms with van der Waals surface area (Å²) in [6.07, 6.45) is 0.679. The van der Waals surface area contributed by atoms with E-state index in [4.69, 9.17) is 21.1 Å². The highest BCUT2D eigenvalue weighted by Crippen LogP contribution is 2.35. The molecule has 0 aliphatic rings. The summed E-state index contributed by atoms with van der Waals surface area (Å²) in [7, 11) is 0. The summed E-state index contributed by atoms with van der Waals surface area (Å²) in [6, 6.07) is 19.9. The van der Waals surface area contributed by atoms with E-state index in [1.807, 2.05) is 36.4 Å². The zero-order valence-electron chi connectivity index (χ0n) is 18.9. The van der Waals surface area contributed by atoms with Crippen molar-refractivity contribution in [3.63, 3.8) is 0 Å². The summed E-state index contributed by atoms with van der Waals surface area (Å²) < 4.78 is 12.5. The summed E-state index contributed by atoms with van der Waals surface area (Å²) in [5, 5.41) is 5.18. The summed E-state index contributed by atoms with van der Waals surface area (Å²) >= 11 is 9.86. The molecule has 0 aliphatic heterocycles. The summed E-state index contributed by atoms with van der Waals surface area (Å²) in [5.74, 6) is 0.232. The van der Waals surface area contributed by atoms with Gasteiger partial charge < -0.3 is 9.47 Å². The lowest BCUT2D eigenvalue weighted by molar-refractivity contribution is -0.150. The second-order valence-corrected chi connectivity index (χ2v) is 8.77. The first-order chi connectivity index (χ1) is 16.9. The first-order valence-corrected chi connectivity index (χ1v) is 12.0. The number of rotatable bonds is 7. The molecule has 9 heteroatoms. The van der Waals surface area contributed by atoms with Gasteiger partial charge in [-0.15, -0.1) is 0 Å².